The van der Waals surface area contributed by atoms with E-state index in [1.807, 2.05) is 16.9 Å². The fourth-order valence-corrected chi connectivity index (χ4v) is 4.69. The molecule has 4 nitrogen and oxygen atoms in total. The molecule has 21 heavy (non-hydrogen) atoms. The molecule has 0 radical (unpaired) electrons. The Bertz CT molecular complexity index is 726. The van der Waals surface area contributed by atoms with Crippen molar-refractivity contribution in [2.24, 2.45) is 0 Å². The highest BCUT2D eigenvalue weighted by molar-refractivity contribution is 7.16. The second kappa shape index (κ2) is 4.65. The third-order valence-corrected chi connectivity index (χ3v) is 5.27. The van der Waals surface area contributed by atoms with Gasteiger partial charge in [0.25, 0.3) is 5.56 Å². The third-order valence-electron chi connectivity index (χ3n) is 4.27. The van der Waals surface area contributed by atoms with Crippen LogP contribution in [0.5, 0.6) is 0 Å². The van der Waals surface area contributed by atoms with Crippen LogP contribution in [0.4, 0.5) is 0 Å². The molecule has 0 saturated carbocycles. The third kappa shape index (κ3) is 2.64. The summed E-state index contributed by atoms with van der Waals surface area (Å²) >= 11 is 1.55. The number of fused-ring (bicyclic) bond motifs is 1. The fourth-order valence-electron chi connectivity index (χ4n) is 3.81. The van der Waals surface area contributed by atoms with Crippen LogP contribution < -0.4 is 10.9 Å². The first-order valence-electron chi connectivity index (χ1n) is 7.43. The van der Waals surface area contributed by atoms with E-state index >= 15 is 0 Å². The smallest absolute Gasteiger partial charge is 0.262 e. The number of thiophene rings is 1. The molecule has 1 saturated heterocycles. The molecule has 0 atom stereocenters. The van der Waals surface area contributed by atoms with E-state index in [4.69, 9.17) is 0 Å². The summed E-state index contributed by atoms with van der Waals surface area (Å²) in [5.74, 6) is 0. The average Bonchev–Trinajstić information content (AvgIpc) is 2.68. The summed E-state index contributed by atoms with van der Waals surface area (Å²) in [4.78, 5) is 18.2. The summed E-state index contributed by atoms with van der Waals surface area (Å²) in [6, 6.07) is 0.194. The van der Waals surface area contributed by atoms with Gasteiger partial charge in [-0.1, -0.05) is 0 Å². The topological polar surface area (TPSA) is 46.9 Å². The van der Waals surface area contributed by atoms with E-state index in [1.54, 1.807) is 17.7 Å². The summed E-state index contributed by atoms with van der Waals surface area (Å²) in [6.45, 7) is 10.8. The number of piperidine rings is 1. The lowest BCUT2D eigenvalue weighted by Crippen LogP contribution is -2.58. The van der Waals surface area contributed by atoms with Gasteiger partial charge in [-0.15, -0.1) is 11.3 Å². The van der Waals surface area contributed by atoms with Crippen LogP contribution in [0.2, 0.25) is 0 Å². The van der Waals surface area contributed by atoms with E-state index < -0.39 is 0 Å². The Morgan fingerprint density at radius 1 is 1.29 bits per heavy atom. The molecule has 5 heteroatoms. The number of aryl methyl sites for hydroxylation is 1. The summed E-state index contributed by atoms with van der Waals surface area (Å²) in [6.07, 6.45) is 3.61. The van der Waals surface area contributed by atoms with Crippen molar-refractivity contribution in [3.63, 3.8) is 0 Å². The lowest BCUT2D eigenvalue weighted by molar-refractivity contribution is 0.130. The molecule has 0 unspecified atom stereocenters. The Kier molecular flexibility index (Phi) is 3.26. The van der Waals surface area contributed by atoms with Crippen LogP contribution in [0.15, 0.2) is 16.5 Å². The molecule has 3 rings (SSSR count). The van der Waals surface area contributed by atoms with Gasteiger partial charge in [-0.25, -0.2) is 4.98 Å². The van der Waals surface area contributed by atoms with Crippen LogP contribution in [0.3, 0.4) is 0 Å². The van der Waals surface area contributed by atoms with Crippen molar-refractivity contribution in [3.8, 4) is 0 Å². The molecule has 1 fully saturated rings. The second-order valence-corrected chi connectivity index (χ2v) is 8.37. The molecule has 1 N–H and O–H groups in total. The molecule has 2 aromatic rings. The lowest BCUT2D eigenvalue weighted by atomic mass is 9.79. The van der Waals surface area contributed by atoms with Crippen molar-refractivity contribution in [2.75, 3.05) is 0 Å². The molecule has 1 aliphatic rings. The van der Waals surface area contributed by atoms with Gasteiger partial charge in [0.15, 0.2) is 0 Å². The highest BCUT2D eigenvalue weighted by Gasteiger charge is 2.38. The SMILES string of the molecule is Cc1csc2ncn(C3CC(C)(C)NC(C)(C)C3)c(=O)c12. The summed E-state index contributed by atoms with van der Waals surface area (Å²) in [7, 11) is 0. The quantitative estimate of drug-likeness (QED) is 0.880. The van der Waals surface area contributed by atoms with Gasteiger partial charge in [0.2, 0.25) is 0 Å². The van der Waals surface area contributed by atoms with Gasteiger partial charge in [0.05, 0.1) is 11.7 Å². The maximum absolute atomic E-state index is 12.8. The molecule has 2 aromatic heterocycles. The van der Waals surface area contributed by atoms with Gasteiger partial charge < -0.3 is 5.32 Å². The van der Waals surface area contributed by atoms with Gasteiger partial charge in [-0.3, -0.25) is 9.36 Å². The summed E-state index contributed by atoms with van der Waals surface area (Å²) in [5, 5.41) is 6.46. The van der Waals surface area contributed by atoms with Crippen molar-refractivity contribution in [3.05, 3.63) is 27.6 Å². The van der Waals surface area contributed by atoms with E-state index in [1.165, 1.54) is 0 Å². The zero-order chi connectivity index (χ0) is 15.4. The van der Waals surface area contributed by atoms with Crippen LogP contribution in [-0.2, 0) is 0 Å². The number of aromatic nitrogens is 2. The predicted octanol–water partition coefficient (Wildman–Crippen LogP) is 3.25. The summed E-state index contributed by atoms with van der Waals surface area (Å²) in [5.41, 5.74) is 1.18. The standard InChI is InChI=1S/C16H23N3OS/c1-10-8-21-13-12(10)14(20)19(9-17-13)11-6-15(2,3)18-16(4,5)7-11/h8-9,11,18H,6-7H2,1-5H3. The average molecular weight is 305 g/mol. The predicted molar refractivity (Wildman–Crippen MR) is 88.2 cm³/mol. The molecule has 0 amide bonds. The first-order valence-corrected chi connectivity index (χ1v) is 8.31. The molecule has 0 spiro atoms. The maximum Gasteiger partial charge on any atom is 0.262 e. The van der Waals surface area contributed by atoms with Crippen molar-refractivity contribution in [1.29, 1.82) is 0 Å². The molecular weight excluding hydrogens is 282 g/mol. The number of hydrogen-bond acceptors (Lipinski definition) is 4. The maximum atomic E-state index is 12.8. The number of hydrogen-bond donors (Lipinski definition) is 1. The van der Waals surface area contributed by atoms with Gasteiger partial charge >= 0.3 is 0 Å². The molecule has 1 aliphatic heterocycles. The number of rotatable bonds is 1. The molecule has 0 bridgehead atoms. The minimum Gasteiger partial charge on any atom is -0.307 e. The minimum absolute atomic E-state index is 0.0184. The van der Waals surface area contributed by atoms with Crippen molar-refractivity contribution in [1.82, 2.24) is 14.9 Å². The van der Waals surface area contributed by atoms with Gasteiger partial charge in [0.1, 0.15) is 4.83 Å². The Morgan fingerprint density at radius 3 is 2.52 bits per heavy atom. The largest absolute Gasteiger partial charge is 0.307 e. The van der Waals surface area contributed by atoms with Gasteiger partial charge in [-0.05, 0) is 58.4 Å². The molecule has 0 aliphatic carbocycles. The van der Waals surface area contributed by atoms with E-state index in [2.05, 4.69) is 38.0 Å². The minimum atomic E-state index is 0.0184. The number of nitrogens with one attached hydrogen (secondary N) is 1. The van der Waals surface area contributed by atoms with E-state index in [-0.39, 0.29) is 22.7 Å². The van der Waals surface area contributed by atoms with Gasteiger partial charge in [0, 0.05) is 17.1 Å². The molecule has 114 valence electrons. The van der Waals surface area contributed by atoms with E-state index in [9.17, 15) is 4.79 Å². The van der Waals surface area contributed by atoms with Gasteiger partial charge in [-0.2, -0.15) is 0 Å². The monoisotopic (exact) mass is 305 g/mol. The van der Waals surface area contributed by atoms with Crippen LogP contribution in [-0.4, -0.2) is 20.6 Å². The zero-order valence-electron chi connectivity index (χ0n) is 13.4. The van der Waals surface area contributed by atoms with E-state index in [0.717, 1.165) is 28.6 Å². The highest BCUT2D eigenvalue weighted by atomic mass is 32.1. The zero-order valence-corrected chi connectivity index (χ0v) is 14.2. The number of nitrogens with zero attached hydrogens (tertiary/aromatic N) is 2. The van der Waals surface area contributed by atoms with E-state index in [0.29, 0.717) is 0 Å². The Morgan fingerprint density at radius 2 is 1.90 bits per heavy atom. The van der Waals surface area contributed by atoms with Crippen LogP contribution in [0.1, 0.15) is 52.1 Å². The Labute approximate surface area is 129 Å². The first kappa shape index (κ1) is 14.7. The highest BCUT2D eigenvalue weighted by Crippen LogP contribution is 2.35. The van der Waals surface area contributed by atoms with Crippen molar-refractivity contribution < 1.29 is 0 Å². The fraction of sp³-hybridized carbons (Fsp3) is 0.625. The Hall–Kier alpha value is -1.20. The second-order valence-electron chi connectivity index (χ2n) is 7.51. The van der Waals surface area contributed by atoms with Crippen LogP contribution in [0, 0.1) is 6.92 Å². The van der Waals surface area contributed by atoms with Crippen LogP contribution >= 0.6 is 11.3 Å². The lowest BCUT2D eigenvalue weighted by Gasteiger charge is -2.46. The molecule has 3 heterocycles. The van der Waals surface area contributed by atoms with Crippen molar-refractivity contribution in [2.45, 2.75) is 64.6 Å². The van der Waals surface area contributed by atoms with Crippen molar-refractivity contribution >= 4 is 21.6 Å². The van der Waals surface area contributed by atoms with Crippen LogP contribution in [0.25, 0.3) is 10.2 Å². The molecule has 0 aromatic carbocycles. The molecular formula is C16H23N3OS. The normalized spacial score (nSPS) is 21.8. The summed E-state index contributed by atoms with van der Waals surface area (Å²) < 4.78 is 1.85. The first-order chi connectivity index (χ1) is 9.69. The Balaban J connectivity index is 2.10.